The number of nitrogens with one attached hydrogen (secondary N) is 1. The normalized spacial score (nSPS) is 11.0. The van der Waals surface area contributed by atoms with Crippen LogP contribution < -0.4 is 5.32 Å². The summed E-state index contributed by atoms with van der Waals surface area (Å²) in [5.74, 6) is 0. The first-order valence-electron chi connectivity index (χ1n) is 5.48. The Morgan fingerprint density at radius 2 is 1.56 bits per heavy atom. The molecule has 0 aromatic heterocycles. The molecule has 0 spiro atoms. The van der Waals surface area contributed by atoms with Crippen LogP contribution in [-0.4, -0.2) is 4.92 Å². The van der Waals surface area contributed by atoms with Crippen molar-refractivity contribution in [2.24, 2.45) is 0 Å². The Morgan fingerprint density at radius 1 is 1.00 bits per heavy atom. The monoisotopic (exact) mass is 240 g/mol. The van der Waals surface area contributed by atoms with Gasteiger partial charge in [-0.2, -0.15) is 0 Å². The molecule has 0 atom stereocenters. The molecule has 2 aromatic carbocycles. The Bertz CT molecular complexity index is 551. The first kappa shape index (κ1) is 11.9. The van der Waals surface area contributed by atoms with Crippen molar-refractivity contribution < 1.29 is 4.92 Å². The minimum absolute atomic E-state index is 0.460. The SMILES string of the molecule is O=[N+]([O-])/C=C(/Nc1ccccc1)c1ccccc1. The van der Waals surface area contributed by atoms with Crippen LogP contribution in [0.15, 0.2) is 66.9 Å². The molecule has 0 fully saturated rings. The standard InChI is InChI=1S/C14H12N2O2/c17-16(18)11-14(12-7-3-1-4-8-12)15-13-9-5-2-6-10-13/h1-11,15H/b14-11+. The second-order valence-corrected chi connectivity index (χ2v) is 3.69. The molecule has 0 aliphatic heterocycles. The predicted molar refractivity (Wildman–Crippen MR) is 71.5 cm³/mol. The van der Waals surface area contributed by atoms with Gasteiger partial charge < -0.3 is 5.32 Å². The van der Waals surface area contributed by atoms with Crippen molar-refractivity contribution in [3.8, 4) is 0 Å². The Morgan fingerprint density at radius 3 is 2.11 bits per heavy atom. The van der Waals surface area contributed by atoms with Crippen molar-refractivity contribution in [2.45, 2.75) is 0 Å². The Balaban J connectivity index is 2.31. The zero-order valence-corrected chi connectivity index (χ0v) is 9.61. The molecule has 0 radical (unpaired) electrons. The molecule has 0 aliphatic rings. The molecule has 2 rings (SSSR count). The second kappa shape index (κ2) is 5.63. The zero-order chi connectivity index (χ0) is 12.8. The number of anilines is 1. The van der Waals surface area contributed by atoms with Gasteiger partial charge in [-0.3, -0.25) is 10.1 Å². The lowest BCUT2D eigenvalue weighted by Gasteiger charge is -2.08. The molecule has 1 N–H and O–H groups in total. The van der Waals surface area contributed by atoms with Gasteiger partial charge in [0, 0.05) is 11.3 Å². The summed E-state index contributed by atoms with van der Waals surface area (Å²) < 4.78 is 0. The fourth-order valence-electron chi connectivity index (χ4n) is 1.58. The molecule has 18 heavy (non-hydrogen) atoms. The second-order valence-electron chi connectivity index (χ2n) is 3.69. The third-order valence-electron chi connectivity index (χ3n) is 2.37. The highest BCUT2D eigenvalue weighted by molar-refractivity contribution is 5.75. The lowest BCUT2D eigenvalue weighted by atomic mass is 10.1. The van der Waals surface area contributed by atoms with Gasteiger partial charge in [0.25, 0.3) is 6.20 Å². The molecule has 0 aliphatic carbocycles. The van der Waals surface area contributed by atoms with E-state index in [1.807, 2.05) is 60.7 Å². The number of benzene rings is 2. The lowest BCUT2D eigenvalue weighted by molar-refractivity contribution is -0.401. The van der Waals surface area contributed by atoms with Crippen molar-refractivity contribution in [1.82, 2.24) is 0 Å². The summed E-state index contributed by atoms with van der Waals surface area (Å²) in [5.41, 5.74) is 2.05. The summed E-state index contributed by atoms with van der Waals surface area (Å²) in [7, 11) is 0. The maximum absolute atomic E-state index is 10.7. The quantitative estimate of drug-likeness (QED) is 0.658. The summed E-state index contributed by atoms with van der Waals surface area (Å²) in [6.45, 7) is 0. The van der Waals surface area contributed by atoms with Crippen molar-refractivity contribution in [3.05, 3.63) is 82.5 Å². The Labute approximate surface area is 105 Å². The van der Waals surface area contributed by atoms with Gasteiger partial charge in [-0.15, -0.1) is 0 Å². The highest BCUT2D eigenvalue weighted by Gasteiger charge is 2.06. The largest absolute Gasteiger partial charge is 0.350 e. The minimum Gasteiger partial charge on any atom is -0.350 e. The van der Waals surface area contributed by atoms with E-state index in [9.17, 15) is 10.1 Å². The predicted octanol–water partition coefficient (Wildman–Crippen LogP) is 3.37. The summed E-state index contributed by atoms with van der Waals surface area (Å²) in [6, 6.07) is 18.6. The number of nitrogens with zero attached hydrogens (tertiary/aromatic N) is 1. The first-order chi connectivity index (χ1) is 8.75. The van der Waals surface area contributed by atoms with E-state index in [1.54, 1.807) is 0 Å². The first-order valence-corrected chi connectivity index (χ1v) is 5.48. The Kier molecular flexibility index (Phi) is 3.71. The minimum atomic E-state index is -0.460. The van der Waals surface area contributed by atoms with E-state index in [1.165, 1.54) is 0 Å². The molecule has 0 bridgehead atoms. The van der Waals surface area contributed by atoms with Crippen LogP contribution in [-0.2, 0) is 0 Å². The van der Waals surface area contributed by atoms with Gasteiger partial charge in [-0.25, -0.2) is 0 Å². The van der Waals surface area contributed by atoms with Crippen LogP contribution in [0.5, 0.6) is 0 Å². The lowest BCUT2D eigenvalue weighted by Crippen LogP contribution is -2.01. The van der Waals surface area contributed by atoms with Crippen LogP contribution in [0.1, 0.15) is 5.56 Å². The van der Waals surface area contributed by atoms with Crippen LogP contribution in [0.3, 0.4) is 0 Å². The van der Waals surface area contributed by atoms with Crippen molar-refractivity contribution in [1.29, 1.82) is 0 Å². The molecular weight excluding hydrogens is 228 g/mol. The van der Waals surface area contributed by atoms with Gasteiger partial charge in [0.2, 0.25) is 0 Å². The molecular formula is C14H12N2O2. The molecule has 4 nitrogen and oxygen atoms in total. The average molecular weight is 240 g/mol. The van der Waals surface area contributed by atoms with Crippen molar-refractivity contribution in [3.63, 3.8) is 0 Å². The molecule has 2 aromatic rings. The molecule has 0 saturated heterocycles. The Hall–Kier alpha value is -2.62. The highest BCUT2D eigenvalue weighted by atomic mass is 16.6. The topological polar surface area (TPSA) is 55.2 Å². The number of rotatable bonds is 4. The van der Waals surface area contributed by atoms with Crippen LogP contribution >= 0.6 is 0 Å². The van der Waals surface area contributed by atoms with Crippen LogP contribution in [0.2, 0.25) is 0 Å². The molecule has 4 heteroatoms. The number of hydrogen-bond donors (Lipinski definition) is 1. The van der Waals surface area contributed by atoms with Gasteiger partial charge in [-0.1, -0.05) is 48.5 Å². The third kappa shape index (κ3) is 3.18. The van der Waals surface area contributed by atoms with E-state index in [0.29, 0.717) is 5.70 Å². The smallest absolute Gasteiger partial charge is 0.258 e. The van der Waals surface area contributed by atoms with E-state index in [0.717, 1.165) is 17.5 Å². The fourth-order valence-corrected chi connectivity index (χ4v) is 1.58. The molecule has 0 saturated carbocycles. The fraction of sp³-hybridized carbons (Fsp3) is 0. The number of hydrogen-bond acceptors (Lipinski definition) is 3. The zero-order valence-electron chi connectivity index (χ0n) is 9.61. The molecule has 0 unspecified atom stereocenters. The van der Waals surface area contributed by atoms with Gasteiger partial charge in [0.15, 0.2) is 0 Å². The van der Waals surface area contributed by atoms with E-state index in [2.05, 4.69) is 5.32 Å². The third-order valence-corrected chi connectivity index (χ3v) is 2.37. The van der Waals surface area contributed by atoms with Crippen molar-refractivity contribution >= 4 is 11.4 Å². The van der Waals surface area contributed by atoms with E-state index >= 15 is 0 Å². The summed E-state index contributed by atoms with van der Waals surface area (Å²) >= 11 is 0. The van der Waals surface area contributed by atoms with Gasteiger partial charge in [0.05, 0.1) is 4.92 Å². The summed E-state index contributed by atoms with van der Waals surface area (Å²) in [4.78, 5) is 10.2. The van der Waals surface area contributed by atoms with Crippen LogP contribution in [0.25, 0.3) is 5.70 Å². The maximum atomic E-state index is 10.7. The summed E-state index contributed by atoms with van der Waals surface area (Å²) in [5, 5.41) is 13.7. The summed E-state index contributed by atoms with van der Waals surface area (Å²) in [6.07, 6.45) is 0.975. The van der Waals surface area contributed by atoms with Gasteiger partial charge in [0.1, 0.15) is 5.70 Å². The maximum Gasteiger partial charge on any atom is 0.258 e. The average Bonchev–Trinajstić information content (AvgIpc) is 2.40. The van der Waals surface area contributed by atoms with E-state index in [4.69, 9.17) is 0 Å². The van der Waals surface area contributed by atoms with Crippen LogP contribution in [0, 0.1) is 10.1 Å². The molecule has 0 heterocycles. The van der Waals surface area contributed by atoms with Crippen molar-refractivity contribution in [2.75, 3.05) is 5.32 Å². The number of nitro groups is 1. The van der Waals surface area contributed by atoms with E-state index < -0.39 is 4.92 Å². The van der Waals surface area contributed by atoms with Gasteiger partial charge >= 0.3 is 0 Å². The number of para-hydroxylation sites is 1. The van der Waals surface area contributed by atoms with Gasteiger partial charge in [-0.05, 0) is 12.1 Å². The highest BCUT2D eigenvalue weighted by Crippen LogP contribution is 2.17. The molecule has 0 amide bonds. The molecule has 90 valence electrons. The van der Waals surface area contributed by atoms with Crippen LogP contribution in [0.4, 0.5) is 5.69 Å². The van der Waals surface area contributed by atoms with E-state index in [-0.39, 0.29) is 0 Å².